The fourth-order valence-corrected chi connectivity index (χ4v) is 5.12. The van der Waals surface area contributed by atoms with E-state index in [9.17, 15) is 13.2 Å². The Bertz CT molecular complexity index is 914. The molecule has 3 rings (SSSR count). The summed E-state index contributed by atoms with van der Waals surface area (Å²) in [4.78, 5) is 12.5. The van der Waals surface area contributed by atoms with Crippen LogP contribution in [0.3, 0.4) is 0 Å². The Morgan fingerprint density at radius 3 is 2.93 bits per heavy atom. The average molecular weight is 427 g/mol. The predicted octanol–water partition coefficient (Wildman–Crippen LogP) is 3.05. The fraction of sp³-hybridized carbons (Fsp3) is 0.421. The minimum absolute atomic E-state index is 0.0264. The Labute approximate surface area is 169 Å². The smallest absolute Gasteiger partial charge is 0.246 e. The number of hydrogen-bond donors (Lipinski definition) is 1. The molecule has 0 spiro atoms. The van der Waals surface area contributed by atoms with Crippen molar-refractivity contribution in [2.45, 2.75) is 31.2 Å². The van der Waals surface area contributed by atoms with E-state index in [1.807, 2.05) is 0 Å². The molecule has 0 saturated carbocycles. The van der Waals surface area contributed by atoms with E-state index in [2.05, 4.69) is 5.32 Å². The van der Waals surface area contributed by atoms with Crippen molar-refractivity contribution in [3.63, 3.8) is 0 Å². The number of rotatable bonds is 7. The maximum Gasteiger partial charge on any atom is 0.246 e. The second-order valence-corrected chi connectivity index (χ2v) is 8.87. The molecule has 1 atom stereocenters. The van der Waals surface area contributed by atoms with Gasteiger partial charge in [-0.05, 0) is 50.1 Å². The zero-order valence-electron chi connectivity index (χ0n) is 15.6. The summed E-state index contributed by atoms with van der Waals surface area (Å²) in [6.07, 6.45) is 2.77. The number of nitrogens with one attached hydrogen (secondary N) is 1. The molecule has 7 nitrogen and oxygen atoms in total. The van der Waals surface area contributed by atoms with E-state index < -0.39 is 15.9 Å². The molecule has 1 aliphatic heterocycles. The maximum atomic E-state index is 13.2. The summed E-state index contributed by atoms with van der Waals surface area (Å²) in [5.74, 6) is 0.297. The van der Waals surface area contributed by atoms with Gasteiger partial charge >= 0.3 is 0 Å². The molecular formula is C19H23ClN2O5S. The van der Waals surface area contributed by atoms with Gasteiger partial charge in [0, 0.05) is 18.1 Å². The van der Waals surface area contributed by atoms with Crippen LogP contribution in [0.4, 0.5) is 0 Å². The zero-order valence-corrected chi connectivity index (χ0v) is 17.1. The van der Waals surface area contributed by atoms with Crippen molar-refractivity contribution in [1.29, 1.82) is 0 Å². The lowest BCUT2D eigenvalue weighted by molar-refractivity contribution is -0.126. The number of halogens is 1. The minimum atomic E-state index is -3.84. The van der Waals surface area contributed by atoms with Gasteiger partial charge in [-0.3, -0.25) is 4.79 Å². The molecule has 1 aromatic heterocycles. The summed E-state index contributed by atoms with van der Waals surface area (Å²) in [6.45, 7) is 2.86. The molecule has 152 valence electrons. The number of hydrogen-bond acceptors (Lipinski definition) is 5. The van der Waals surface area contributed by atoms with Crippen molar-refractivity contribution in [3.8, 4) is 5.75 Å². The summed E-state index contributed by atoms with van der Waals surface area (Å²) < 4.78 is 38.4. The molecule has 1 aliphatic rings. The minimum Gasteiger partial charge on any atom is -0.492 e. The van der Waals surface area contributed by atoms with E-state index in [1.165, 1.54) is 16.6 Å². The van der Waals surface area contributed by atoms with Gasteiger partial charge in [0.15, 0.2) is 0 Å². The highest BCUT2D eigenvalue weighted by atomic mass is 35.5. The number of benzene rings is 1. The number of carbonyl (C=O) groups excluding carboxylic acids is 1. The normalized spacial score (nSPS) is 18.0. The molecule has 1 N–H and O–H groups in total. The van der Waals surface area contributed by atoms with Crippen LogP contribution in [-0.4, -0.2) is 38.3 Å². The Morgan fingerprint density at radius 2 is 2.21 bits per heavy atom. The number of nitrogens with zero attached hydrogens (tertiary/aromatic N) is 1. The quantitative estimate of drug-likeness (QED) is 0.735. The molecule has 28 heavy (non-hydrogen) atoms. The van der Waals surface area contributed by atoms with E-state index >= 15 is 0 Å². The number of sulfonamides is 1. The van der Waals surface area contributed by atoms with Gasteiger partial charge in [0.05, 0.1) is 25.3 Å². The van der Waals surface area contributed by atoms with Crippen LogP contribution in [0.2, 0.25) is 5.02 Å². The molecule has 1 saturated heterocycles. The zero-order chi connectivity index (χ0) is 20.1. The van der Waals surface area contributed by atoms with E-state index in [0.29, 0.717) is 36.8 Å². The lowest BCUT2D eigenvalue weighted by atomic mass is 9.99. The van der Waals surface area contributed by atoms with Crippen molar-refractivity contribution in [3.05, 3.63) is 47.4 Å². The molecular weight excluding hydrogens is 404 g/mol. The number of ether oxygens (including phenoxy) is 1. The number of carbonyl (C=O) groups is 1. The van der Waals surface area contributed by atoms with Gasteiger partial charge in [-0.15, -0.1) is 0 Å². The Kier molecular flexibility index (Phi) is 6.64. The van der Waals surface area contributed by atoms with Crippen LogP contribution in [0.1, 0.15) is 25.5 Å². The van der Waals surface area contributed by atoms with Crippen molar-refractivity contribution < 1.29 is 22.4 Å². The van der Waals surface area contributed by atoms with Gasteiger partial charge < -0.3 is 14.5 Å². The Hall–Kier alpha value is -2.03. The number of amides is 1. The van der Waals surface area contributed by atoms with Gasteiger partial charge in [-0.1, -0.05) is 11.6 Å². The highest BCUT2D eigenvalue weighted by molar-refractivity contribution is 7.89. The Morgan fingerprint density at radius 1 is 1.39 bits per heavy atom. The Balaban J connectivity index is 1.74. The van der Waals surface area contributed by atoms with Crippen molar-refractivity contribution >= 4 is 27.5 Å². The number of furan rings is 1. The van der Waals surface area contributed by atoms with Crippen LogP contribution in [-0.2, 0) is 21.4 Å². The summed E-state index contributed by atoms with van der Waals surface area (Å²) in [5.41, 5.74) is 0. The third kappa shape index (κ3) is 4.68. The molecule has 0 bridgehead atoms. The van der Waals surface area contributed by atoms with E-state index in [0.717, 1.165) is 0 Å². The second-order valence-electron chi connectivity index (χ2n) is 6.52. The molecule has 9 heteroatoms. The molecule has 1 amide bonds. The van der Waals surface area contributed by atoms with Gasteiger partial charge in [0.1, 0.15) is 16.4 Å². The summed E-state index contributed by atoms with van der Waals surface area (Å²) in [6, 6.07) is 8.05. The largest absolute Gasteiger partial charge is 0.492 e. The first-order valence-electron chi connectivity index (χ1n) is 9.14. The third-order valence-electron chi connectivity index (χ3n) is 4.60. The van der Waals surface area contributed by atoms with Gasteiger partial charge in [0.25, 0.3) is 0 Å². The predicted molar refractivity (Wildman–Crippen MR) is 105 cm³/mol. The first-order chi connectivity index (χ1) is 13.4. The summed E-state index contributed by atoms with van der Waals surface area (Å²) in [5, 5.41) is 3.12. The molecule has 0 radical (unpaired) electrons. The third-order valence-corrected chi connectivity index (χ3v) is 6.72. The van der Waals surface area contributed by atoms with E-state index in [1.54, 1.807) is 31.2 Å². The second kappa shape index (κ2) is 8.98. The SMILES string of the molecule is CCOc1ccc(Cl)cc1S(=O)(=O)N1CCC[C@H](C(=O)NCc2ccco2)C1. The van der Waals surface area contributed by atoms with Gasteiger partial charge in [-0.25, -0.2) is 8.42 Å². The lowest BCUT2D eigenvalue weighted by Gasteiger charge is -2.31. The molecule has 0 unspecified atom stereocenters. The molecule has 2 aromatic rings. The number of piperidine rings is 1. The van der Waals surface area contributed by atoms with Crippen LogP contribution in [0.25, 0.3) is 0 Å². The average Bonchev–Trinajstić information content (AvgIpc) is 3.21. The first kappa shape index (κ1) is 20.7. The maximum absolute atomic E-state index is 13.2. The topological polar surface area (TPSA) is 88.9 Å². The van der Waals surface area contributed by atoms with Gasteiger partial charge in [-0.2, -0.15) is 4.31 Å². The monoisotopic (exact) mass is 426 g/mol. The summed E-state index contributed by atoms with van der Waals surface area (Å²) >= 11 is 6.02. The van der Waals surface area contributed by atoms with Crippen LogP contribution in [0.15, 0.2) is 45.9 Å². The summed E-state index contributed by atoms with van der Waals surface area (Å²) in [7, 11) is -3.84. The van der Waals surface area contributed by atoms with Gasteiger partial charge in [0.2, 0.25) is 15.9 Å². The van der Waals surface area contributed by atoms with Crippen LogP contribution in [0.5, 0.6) is 5.75 Å². The molecule has 0 aliphatic carbocycles. The lowest BCUT2D eigenvalue weighted by Crippen LogP contribution is -2.45. The van der Waals surface area contributed by atoms with Crippen molar-refractivity contribution in [2.75, 3.05) is 19.7 Å². The highest BCUT2D eigenvalue weighted by Gasteiger charge is 2.35. The van der Waals surface area contributed by atoms with E-state index in [-0.39, 0.29) is 29.6 Å². The standard InChI is InChI=1S/C19H23ClN2O5S/c1-2-26-17-8-7-15(20)11-18(17)28(24,25)22-9-3-5-14(13-22)19(23)21-12-16-6-4-10-27-16/h4,6-8,10-11,14H,2-3,5,9,12-13H2,1H3,(H,21,23)/t14-/m0/s1. The fourth-order valence-electron chi connectivity index (χ4n) is 3.20. The van der Waals surface area contributed by atoms with Crippen LogP contribution >= 0.6 is 11.6 Å². The van der Waals surface area contributed by atoms with Crippen LogP contribution < -0.4 is 10.1 Å². The molecule has 2 heterocycles. The van der Waals surface area contributed by atoms with Crippen molar-refractivity contribution in [1.82, 2.24) is 9.62 Å². The van der Waals surface area contributed by atoms with E-state index in [4.69, 9.17) is 20.8 Å². The highest BCUT2D eigenvalue weighted by Crippen LogP contribution is 2.32. The molecule has 1 fully saturated rings. The molecule has 1 aromatic carbocycles. The van der Waals surface area contributed by atoms with Crippen LogP contribution in [0, 0.1) is 5.92 Å². The van der Waals surface area contributed by atoms with Crippen molar-refractivity contribution in [2.24, 2.45) is 5.92 Å². The first-order valence-corrected chi connectivity index (χ1v) is 11.0.